The van der Waals surface area contributed by atoms with Crippen LogP contribution in [0.4, 0.5) is 0 Å². The van der Waals surface area contributed by atoms with Crippen molar-refractivity contribution in [3.05, 3.63) is 59.7 Å². The molecule has 0 N–H and O–H groups in total. The highest BCUT2D eigenvalue weighted by Crippen LogP contribution is 2.28. The van der Waals surface area contributed by atoms with Crippen LogP contribution in [0.2, 0.25) is 0 Å². The zero-order valence-corrected chi connectivity index (χ0v) is 14.4. The van der Waals surface area contributed by atoms with E-state index in [4.69, 9.17) is 14.2 Å². The molecular weight excluding hydrogens is 304 g/mol. The topological polar surface area (TPSA) is 44.8 Å². The van der Waals surface area contributed by atoms with Crippen molar-refractivity contribution in [2.75, 3.05) is 14.2 Å². The summed E-state index contributed by atoms with van der Waals surface area (Å²) < 4.78 is 15.9. The Balaban J connectivity index is 2.11. The lowest BCUT2D eigenvalue weighted by atomic mass is 10.0. The molecule has 0 saturated carbocycles. The lowest BCUT2D eigenvalue weighted by Crippen LogP contribution is -2.06. The third kappa shape index (κ3) is 4.38. The number of hydrogen-bond donors (Lipinski definition) is 0. The van der Waals surface area contributed by atoms with Crippen molar-refractivity contribution in [2.45, 2.75) is 19.8 Å². The highest BCUT2D eigenvalue weighted by Gasteiger charge is 2.09. The van der Waals surface area contributed by atoms with Crippen molar-refractivity contribution in [3.63, 3.8) is 0 Å². The standard InChI is InChI=1S/C20H22O4/c1-14(2)16-7-5-6-8-17(16)24-20(21)12-10-15-9-11-18(22-3)19(13-15)23-4/h5-14H,1-4H3. The largest absolute Gasteiger partial charge is 0.493 e. The van der Waals surface area contributed by atoms with Crippen molar-refractivity contribution in [2.24, 2.45) is 0 Å². The van der Waals surface area contributed by atoms with Gasteiger partial charge in [0.15, 0.2) is 11.5 Å². The third-order valence-electron chi connectivity index (χ3n) is 3.57. The van der Waals surface area contributed by atoms with Gasteiger partial charge in [-0.05, 0) is 41.3 Å². The molecule has 4 nitrogen and oxygen atoms in total. The number of methoxy groups -OCH3 is 2. The quantitative estimate of drug-likeness (QED) is 0.447. The van der Waals surface area contributed by atoms with Gasteiger partial charge in [-0.15, -0.1) is 0 Å². The van der Waals surface area contributed by atoms with Gasteiger partial charge in [0.1, 0.15) is 5.75 Å². The minimum Gasteiger partial charge on any atom is -0.493 e. The smallest absolute Gasteiger partial charge is 0.336 e. The summed E-state index contributed by atoms with van der Waals surface area (Å²) in [6.07, 6.45) is 3.08. The molecule has 0 aliphatic heterocycles. The Kier molecular flexibility index (Phi) is 6.01. The number of benzene rings is 2. The third-order valence-corrected chi connectivity index (χ3v) is 3.57. The molecule has 0 aromatic heterocycles. The van der Waals surface area contributed by atoms with E-state index in [1.54, 1.807) is 38.5 Å². The van der Waals surface area contributed by atoms with Crippen LogP contribution in [0.1, 0.15) is 30.9 Å². The van der Waals surface area contributed by atoms with E-state index in [0.717, 1.165) is 11.1 Å². The Labute approximate surface area is 142 Å². The van der Waals surface area contributed by atoms with E-state index in [1.165, 1.54) is 6.08 Å². The molecule has 0 bridgehead atoms. The van der Waals surface area contributed by atoms with Crippen LogP contribution in [0.3, 0.4) is 0 Å². The Hall–Kier alpha value is -2.75. The molecule has 0 aliphatic rings. The summed E-state index contributed by atoms with van der Waals surface area (Å²) >= 11 is 0. The van der Waals surface area contributed by atoms with Gasteiger partial charge in [-0.3, -0.25) is 0 Å². The maximum atomic E-state index is 12.1. The van der Waals surface area contributed by atoms with E-state index in [1.807, 2.05) is 24.3 Å². The van der Waals surface area contributed by atoms with Crippen LogP contribution in [0, 0.1) is 0 Å². The number of para-hydroxylation sites is 1. The molecule has 0 heterocycles. The zero-order chi connectivity index (χ0) is 17.5. The summed E-state index contributed by atoms with van der Waals surface area (Å²) in [7, 11) is 3.15. The van der Waals surface area contributed by atoms with Gasteiger partial charge in [-0.25, -0.2) is 4.79 Å². The average molecular weight is 326 g/mol. The van der Waals surface area contributed by atoms with Crippen molar-refractivity contribution in [3.8, 4) is 17.2 Å². The van der Waals surface area contributed by atoms with Crippen LogP contribution >= 0.6 is 0 Å². The molecule has 0 unspecified atom stereocenters. The highest BCUT2D eigenvalue weighted by atomic mass is 16.5. The van der Waals surface area contributed by atoms with Crippen LogP contribution in [-0.4, -0.2) is 20.2 Å². The number of carbonyl (C=O) groups is 1. The van der Waals surface area contributed by atoms with E-state index in [-0.39, 0.29) is 5.92 Å². The fourth-order valence-corrected chi connectivity index (χ4v) is 2.31. The number of hydrogen-bond acceptors (Lipinski definition) is 4. The maximum absolute atomic E-state index is 12.1. The Morgan fingerprint density at radius 1 is 0.958 bits per heavy atom. The molecule has 126 valence electrons. The summed E-state index contributed by atoms with van der Waals surface area (Å²) in [4.78, 5) is 12.1. The fourth-order valence-electron chi connectivity index (χ4n) is 2.31. The number of rotatable bonds is 6. The van der Waals surface area contributed by atoms with Crippen LogP contribution in [0.25, 0.3) is 6.08 Å². The van der Waals surface area contributed by atoms with Gasteiger partial charge in [-0.1, -0.05) is 38.1 Å². The first kappa shape index (κ1) is 17.6. The molecule has 2 rings (SSSR count). The molecule has 2 aromatic carbocycles. The summed E-state index contributed by atoms with van der Waals surface area (Å²) in [5.74, 6) is 1.71. The Bertz CT molecular complexity index is 732. The SMILES string of the molecule is COc1ccc(C=CC(=O)Oc2ccccc2C(C)C)cc1OC. The van der Waals surface area contributed by atoms with E-state index < -0.39 is 5.97 Å². The average Bonchev–Trinajstić information content (AvgIpc) is 2.59. The second kappa shape index (κ2) is 8.20. The fraction of sp³-hybridized carbons (Fsp3) is 0.250. The number of esters is 1. The predicted octanol–water partition coefficient (Wildman–Crippen LogP) is 4.45. The molecule has 24 heavy (non-hydrogen) atoms. The van der Waals surface area contributed by atoms with Crippen LogP contribution in [0.15, 0.2) is 48.5 Å². The van der Waals surface area contributed by atoms with Crippen LogP contribution in [-0.2, 0) is 4.79 Å². The molecule has 4 heteroatoms. The first-order chi connectivity index (χ1) is 11.5. The van der Waals surface area contributed by atoms with E-state index in [2.05, 4.69) is 13.8 Å². The van der Waals surface area contributed by atoms with E-state index >= 15 is 0 Å². The second-order valence-electron chi connectivity index (χ2n) is 5.56. The minimum absolute atomic E-state index is 0.281. The molecule has 0 atom stereocenters. The number of ether oxygens (including phenoxy) is 3. The van der Waals surface area contributed by atoms with Gasteiger partial charge >= 0.3 is 5.97 Å². The van der Waals surface area contributed by atoms with Gasteiger partial charge in [0.2, 0.25) is 0 Å². The normalized spacial score (nSPS) is 10.9. The Morgan fingerprint density at radius 2 is 1.67 bits per heavy atom. The molecule has 2 aromatic rings. The zero-order valence-electron chi connectivity index (χ0n) is 14.4. The Morgan fingerprint density at radius 3 is 2.33 bits per heavy atom. The summed E-state index contributed by atoms with van der Waals surface area (Å²) in [5.41, 5.74) is 1.83. The molecule has 0 radical (unpaired) electrons. The second-order valence-corrected chi connectivity index (χ2v) is 5.56. The van der Waals surface area contributed by atoms with Gasteiger partial charge in [0.25, 0.3) is 0 Å². The molecule has 0 aliphatic carbocycles. The highest BCUT2D eigenvalue weighted by molar-refractivity contribution is 5.89. The maximum Gasteiger partial charge on any atom is 0.336 e. The van der Waals surface area contributed by atoms with Crippen LogP contribution in [0.5, 0.6) is 17.2 Å². The van der Waals surface area contributed by atoms with E-state index in [9.17, 15) is 4.79 Å². The van der Waals surface area contributed by atoms with Gasteiger partial charge < -0.3 is 14.2 Å². The minimum atomic E-state index is -0.419. The molecule has 0 fully saturated rings. The molecule has 0 spiro atoms. The molecule has 0 saturated heterocycles. The van der Waals surface area contributed by atoms with E-state index in [0.29, 0.717) is 17.2 Å². The van der Waals surface area contributed by atoms with Gasteiger partial charge in [0.05, 0.1) is 14.2 Å². The van der Waals surface area contributed by atoms with Gasteiger partial charge in [-0.2, -0.15) is 0 Å². The lowest BCUT2D eigenvalue weighted by molar-refractivity contribution is -0.128. The van der Waals surface area contributed by atoms with Crippen molar-refractivity contribution in [1.82, 2.24) is 0 Å². The van der Waals surface area contributed by atoms with Crippen molar-refractivity contribution in [1.29, 1.82) is 0 Å². The number of carbonyl (C=O) groups excluding carboxylic acids is 1. The first-order valence-electron chi connectivity index (χ1n) is 7.76. The predicted molar refractivity (Wildman–Crippen MR) is 94.7 cm³/mol. The van der Waals surface area contributed by atoms with Crippen LogP contribution < -0.4 is 14.2 Å². The van der Waals surface area contributed by atoms with Crippen molar-refractivity contribution < 1.29 is 19.0 Å². The summed E-state index contributed by atoms with van der Waals surface area (Å²) in [5, 5.41) is 0. The molecular formula is C20H22O4. The first-order valence-corrected chi connectivity index (χ1v) is 7.76. The van der Waals surface area contributed by atoms with Crippen molar-refractivity contribution >= 4 is 12.0 Å². The lowest BCUT2D eigenvalue weighted by Gasteiger charge is -2.11. The molecule has 0 amide bonds. The monoisotopic (exact) mass is 326 g/mol. The van der Waals surface area contributed by atoms with Gasteiger partial charge in [0, 0.05) is 6.08 Å². The summed E-state index contributed by atoms with van der Waals surface area (Å²) in [6.45, 7) is 4.12. The summed E-state index contributed by atoms with van der Waals surface area (Å²) in [6, 6.07) is 13.0.